The van der Waals surface area contributed by atoms with E-state index in [-0.39, 0.29) is 38.6 Å². The number of ether oxygens (including phenoxy) is 2. The zero-order valence-electron chi connectivity index (χ0n) is 37.5. The molecule has 0 aliphatic heterocycles. The number of esters is 2. The van der Waals surface area contributed by atoms with E-state index in [1.807, 2.05) is 0 Å². The van der Waals surface area contributed by atoms with Crippen molar-refractivity contribution in [3.05, 3.63) is 72.9 Å². The highest BCUT2D eigenvalue weighted by atomic mass is 31.2. The Bertz CT molecular complexity index is 1190. The number of hydrogen-bond acceptors (Lipinski definition) is 8. The minimum absolute atomic E-state index is 0.0482. The summed E-state index contributed by atoms with van der Waals surface area (Å²) >= 11 is 0. The van der Waals surface area contributed by atoms with Crippen LogP contribution in [0.5, 0.6) is 0 Å². The van der Waals surface area contributed by atoms with Gasteiger partial charge >= 0.3 is 19.8 Å². The van der Waals surface area contributed by atoms with E-state index in [0.29, 0.717) is 6.42 Å². The molecule has 0 bridgehead atoms. The Morgan fingerprint density at radius 2 is 0.932 bits per heavy atom. The molecule has 0 spiro atoms. The lowest BCUT2D eigenvalue weighted by Crippen LogP contribution is -2.29. The van der Waals surface area contributed by atoms with Gasteiger partial charge in [-0.2, -0.15) is 0 Å². The number of allylic oxidation sites excluding steroid dienone is 12. The molecule has 0 saturated carbocycles. The average Bonchev–Trinajstić information content (AvgIpc) is 3.22. The van der Waals surface area contributed by atoms with Crippen LogP contribution in [0.1, 0.15) is 194 Å². The molecule has 0 aliphatic carbocycles. The smallest absolute Gasteiger partial charge is 0.462 e. The molecule has 0 amide bonds. The molecule has 0 saturated heterocycles. The summed E-state index contributed by atoms with van der Waals surface area (Å²) in [4.78, 5) is 34.9. The van der Waals surface area contributed by atoms with E-state index in [1.54, 1.807) is 0 Å². The molecule has 0 radical (unpaired) electrons. The summed E-state index contributed by atoms with van der Waals surface area (Å²) in [6.45, 7) is 3.60. The first-order valence-corrected chi connectivity index (χ1v) is 24.9. The van der Waals surface area contributed by atoms with Crippen molar-refractivity contribution in [1.82, 2.24) is 0 Å². The van der Waals surface area contributed by atoms with Crippen molar-refractivity contribution < 1.29 is 37.6 Å². The van der Waals surface area contributed by atoms with E-state index < -0.39 is 26.5 Å². The Labute approximate surface area is 361 Å². The molecule has 0 aromatic carbocycles. The molecule has 0 aromatic rings. The molecular formula is C49H86NO8P. The normalized spacial score (nSPS) is 13.9. The third-order valence-corrected chi connectivity index (χ3v) is 10.6. The number of carbonyl (C=O) groups excluding carboxylic acids is 2. The molecule has 0 aromatic heterocycles. The highest BCUT2D eigenvalue weighted by Crippen LogP contribution is 2.43. The summed E-state index contributed by atoms with van der Waals surface area (Å²) in [7, 11) is -4.38. The first-order chi connectivity index (χ1) is 28.8. The van der Waals surface area contributed by atoms with Crippen LogP contribution in [0.4, 0.5) is 0 Å². The molecule has 2 atom stereocenters. The van der Waals surface area contributed by atoms with Crippen molar-refractivity contribution >= 4 is 19.8 Å². The van der Waals surface area contributed by atoms with Crippen LogP contribution < -0.4 is 5.73 Å². The van der Waals surface area contributed by atoms with Gasteiger partial charge in [-0.1, -0.05) is 189 Å². The van der Waals surface area contributed by atoms with Crippen molar-refractivity contribution in [2.24, 2.45) is 5.73 Å². The number of phosphoric ester groups is 1. The Kier molecular flexibility index (Phi) is 43.0. The van der Waals surface area contributed by atoms with Gasteiger partial charge < -0.3 is 20.1 Å². The van der Waals surface area contributed by atoms with Crippen LogP contribution >= 0.6 is 7.82 Å². The predicted molar refractivity (Wildman–Crippen MR) is 247 cm³/mol. The van der Waals surface area contributed by atoms with Gasteiger partial charge in [0.15, 0.2) is 6.10 Å². The summed E-state index contributed by atoms with van der Waals surface area (Å²) < 4.78 is 32.8. The zero-order valence-corrected chi connectivity index (χ0v) is 38.4. The maximum Gasteiger partial charge on any atom is 0.472 e. The van der Waals surface area contributed by atoms with Crippen LogP contribution in [-0.2, 0) is 32.7 Å². The van der Waals surface area contributed by atoms with Crippen LogP contribution in [0.3, 0.4) is 0 Å². The minimum atomic E-state index is -4.38. The van der Waals surface area contributed by atoms with Gasteiger partial charge in [0.2, 0.25) is 0 Å². The van der Waals surface area contributed by atoms with Gasteiger partial charge in [-0.3, -0.25) is 18.6 Å². The maximum atomic E-state index is 12.6. The molecule has 10 heteroatoms. The van der Waals surface area contributed by atoms with E-state index in [9.17, 15) is 19.0 Å². The van der Waals surface area contributed by atoms with Crippen molar-refractivity contribution in [3.63, 3.8) is 0 Å². The molecule has 0 rings (SSSR count). The lowest BCUT2D eigenvalue weighted by atomic mass is 10.0. The van der Waals surface area contributed by atoms with Gasteiger partial charge in [-0.15, -0.1) is 0 Å². The second-order valence-corrected chi connectivity index (χ2v) is 16.7. The van der Waals surface area contributed by atoms with Gasteiger partial charge in [0, 0.05) is 19.4 Å². The molecule has 340 valence electrons. The standard InChI is InChI=1S/C49H86NO8P/c1-3-5-7-9-11-13-15-17-18-19-20-21-22-23-24-25-26-27-28-30-32-34-36-38-40-42-49(52)58-47(46-57-59(53,54)56-44-43-50)45-55-48(51)41-39-37-35-33-31-29-16-14-12-10-8-6-4-2/h5,7,11,13,17-18,20-21,23-24,26-27,47H,3-4,6,8-10,12,14-16,19,22,25,28-46,50H2,1-2H3,(H,53,54)/b7-5-,13-11-,18-17-,21-20-,24-23-,27-26-. The van der Waals surface area contributed by atoms with Gasteiger partial charge in [0.1, 0.15) is 6.61 Å². The first kappa shape index (κ1) is 56.5. The van der Waals surface area contributed by atoms with E-state index in [1.165, 1.54) is 64.2 Å². The first-order valence-electron chi connectivity index (χ1n) is 23.4. The summed E-state index contributed by atoms with van der Waals surface area (Å²) in [6.07, 6.45) is 55.0. The Balaban J connectivity index is 4.13. The molecule has 3 N–H and O–H groups in total. The van der Waals surface area contributed by atoms with Crippen LogP contribution in [-0.4, -0.2) is 49.3 Å². The van der Waals surface area contributed by atoms with Crippen LogP contribution in [0.15, 0.2) is 72.9 Å². The fraction of sp³-hybridized carbons (Fsp3) is 0.714. The summed E-state index contributed by atoms with van der Waals surface area (Å²) in [6, 6.07) is 0. The lowest BCUT2D eigenvalue weighted by molar-refractivity contribution is -0.161. The van der Waals surface area contributed by atoms with Crippen LogP contribution in [0.2, 0.25) is 0 Å². The van der Waals surface area contributed by atoms with E-state index >= 15 is 0 Å². The monoisotopic (exact) mass is 848 g/mol. The topological polar surface area (TPSA) is 134 Å². The molecular weight excluding hydrogens is 762 g/mol. The fourth-order valence-corrected chi connectivity index (χ4v) is 6.93. The third-order valence-electron chi connectivity index (χ3n) is 9.61. The molecule has 2 unspecified atom stereocenters. The molecule has 0 fully saturated rings. The lowest BCUT2D eigenvalue weighted by Gasteiger charge is -2.19. The van der Waals surface area contributed by atoms with E-state index in [0.717, 1.165) is 96.3 Å². The third kappa shape index (κ3) is 44.8. The number of rotatable bonds is 43. The molecule has 9 nitrogen and oxygen atoms in total. The zero-order chi connectivity index (χ0) is 43.2. The quantitative estimate of drug-likeness (QED) is 0.0266. The van der Waals surface area contributed by atoms with Crippen molar-refractivity contribution in [2.75, 3.05) is 26.4 Å². The number of unbranched alkanes of at least 4 members (excludes halogenated alkanes) is 18. The highest BCUT2D eigenvalue weighted by molar-refractivity contribution is 7.47. The van der Waals surface area contributed by atoms with Crippen molar-refractivity contribution in [3.8, 4) is 0 Å². The van der Waals surface area contributed by atoms with Crippen molar-refractivity contribution in [1.29, 1.82) is 0 Å². The Hall–Kier alpha value is -2.55. The highest BCUT2D eigenvalue weighted by Gasteiger charge is 2.26. The van der Waals surface area contributed by atoms with Gasteiger partial charge in [0.05, 0.1) is 13.2 Å². The molecule has 0 aliphatic rings. The number of nitrogens with two attached hydrogens (primary N) is 1. The average molecular weight is 848 g/mol. The minimum Gasteiger partial charge on any atom is -0.462 e. The second kappa shape index (κ2) is 45.0. The van der Waals surface area contributed by atoms with E-state index in [4.69, 9.17) is 24.3 Å². The predicted octanol–water partition coefficient (Wildman–Crippen LogP) is 13.8. The largest absolute Gasteiger partial charge is 0.472 e. The van der Waals surface area contributed by atoms with Gasteiger partial charge in [-0.05, 0) is 64.2 Å². The maximum absolute atomic E-state index is 12.6. The number of carbonyl (C=O) groups is 2. The summed E-state index contributed by atoms with van der Waals surface area (Å²) in [5.41, 5.74) is 5.35. The van der Waals surface area contributed by atoms with Crippen LogP contribution in [0, 0.1) is 0 Å². The van der Waals surface area contributed by atoms with Crippen LogP contribution in [0.25, 0.3) is 0 Å². The Morgan fingerprint density at radius 3 is 1.39 bits per heavy atom. The van der Waals surface area contributed by atoms with Crippen molar-refractivity contribution in [2.45, 2.75) is 200 Å². The summed E-state index contributed by atoms with van der Waals surface area (Å²) in [5.74, 6) is -0.846. The van der Waals surface area contributed by atoms with E-state index in [2.05, 4.69) is 86.8 Å². The fourth-order valence-electron chi connectivity index (χ4n) is 6.17. The summed E-state index contributed by atoms with van der Waals surface area (Å²) in [5, 5.41) is 0. The Morgan fingerprint density at radius 1 is 0.525 bits per heavy atom. The van der Waals surface area contributed by atoms with Gasteiger partial charge in [0.25, 0.3) is 0 Å². The van der Waals surface area contributed by atoms with Gasteiger partial charge in [-0.25, -0.2) is 4.57 Å². The SMILES string of the molecule is CC/C=C\C/C=C\C/C=C\C/C=C\C/C=C\C/C=C\CCCCCCCCC(=O)OC(COC(=O)CCCCCCCCCCCCCCC)COP(=O)(O)OCCN. The number of phosphoric acid groups is 1. The second-order valence-electron chi connectivity index (χ2n) is 15.2. The molecule has 0 heterocycles. The number of hydrogen-bond donors (Lipinski definition) is 2. The molecule has 59 heavy (non-hydrogen) atoms.